The fourth-order valence-corrected chi connectivity index (χ4v) is 9.50. The Balaban J connectivity index is 1.40. The average molecular weight is 782 g/mol. The molecule has 0 bridgehead atoms. The van der Waals surface area contributed by atoms with Crippen molar-refractivity contribution in [3.05, 3.63) is 131 Å². The number of cyclic esters (lactones) is 1. The van der Waals surface area contributed by atoms with Gasteiger partial charge in [-0.25, -0.2) is 4.79 Å². The molecule has 5 N–H and O–H groups in total. The Morgan fingerprint density at radius 3 is 2.21 bits per heavy atom. The molecule has 0 saturated carbocycles. The van der Waals surface area contributed by atoms with E-state index in [0.717, 1.165) is 43.2 Å². The van der Waals surface area contributed by atoms with Gasteiger partial charge in [0.15, 0.2) is 0 Å². The van der Waals surface area contributed by atoms with Crippen LogP contribution in [0.2, 0.25) is 0 Å². The number of nitrogens with two attached hydrogens (primary N) is 1. The maximum Gasteiger partial charge on any atom is 0.324 e. The van der Waals surface area contributed by atoms with Crippen LogP contribution in [0.5, 0.6) is 5.75 Å². The van der Waals surface area contributed by atoms with Crippen molar-refractivity contribution in [2.45, 2.75) is 61.7 Å². The lowest BCUT2D eigenvalue weighted by Crippen LogP contribution is -2.55. The minimum absolute atomic E-state index is 0.0134. The number of ether oxygens (including phenoxy) is 2. The molecule has 4 aliphatic heterocycles. The van der Waals surface area contributed by atoms with Gasteiger partial charge in [0.05, 0.1) is 31.2 Å². The van der Waals surface area contributed by atoms with Crippen molar-refractivity contribution in [1.82, 2.24) is 15.1 Å². The fourth-order valence-electron chi connectivity index (χ4n) is 9.50. The number of benzene rings is 4. The molecule has 12 heteroatoms. The predicted molar refractivity (Wildman–Crippen MR) is 216 cm³/mol. The number of carbonyl (C=O) groups excluding carboxylic acids is 4. The number of anilines is 1. The van der Waals surface area contributed by atoms with Crippen LogP contribution in [0.1, 0.15) is 78.1 Å². The van der Waals surface area contributed by atoms with Crippen LogP contribution in [0.4, 0.5) is 10.5 Å². The number of aliphatic hydroxyl groups is 1. The van der Waals surface area contributed by atoms with Crippen molar-refractivity contribution in [1.29, 1.82) is 0 Å². The summed E-state index contributed by atoms with van der Waals surface area (Å²) in [5.41, 5.74) is 7.58. The zero-order valence-electron chi connectivity index (χ0n) is 32.1. The SMILES string of the molecule is NC(=O)NCC#Cc1ccc2c(c1)[C@]1(C(=O)N2)[C@H](c2ccc(OCCO)cc2)N2[C@H](c3ccccc3)[C@H](c3ccccc3)OC(=O)[C@H]2[C@@H]1C(=O)N1CCCCCCC1. The third-order valence-corrected chi connectivity index (χ3v) is 11.9. The molecule has 1 spiro atoms. The van der Waals surface area contributed by atoms with Gasteiger partial charge >= 0.3 is 12.0 Å². The number of nitrogens with zero attached hydrogens (tertiary/aromatic N) is 2. The molecule has 12 nitrogen and oxygen atoms in total. The van der Waals surface area contributed by atoms with Crippen LogP contribution < -0.4 is 21.1 Å². The highest BCUT2D eigenvalue weighted by Crippen LogP contribution is 2.65. The van der Waals surface area contributed by atoms with E-state index in [1.165, 1.54) is 0 Å². The number of carbonyl (C=O) groups is 4. The summed E-state index contributed by atoms with van der Waals surface area (Å²) in [4.78, 5) is 61.5. The minimum atomic E-state index is -1.65. The summed E-state index contributed by atoms with van der Waals surface area (Å²) in [7, 11) is 0. The predicted octanol–water partition coefficient (Wildman–Crippen LogP) is 5.14. The molecular weight excluding hydrogens is 735 g/mol. The molecule has 4 aliphatic rings. The number of likely N-dealkylation sites (tertiary alicyclic amines) is 1. The molecule has 4 amide bonds. The largest absolute Gasteiger partial charge is 0.491 e. The lowest BCUT2D eigenvalue weighted by Gasteiger charge is -2.46. The maximum atomic E-state index is 15.7. The molecular formula is C46H47N5O7. The molecule has 3 fully saturated rings. The summed E-state index contributed by atoms with van der Waals surface area (Å²) in [5.74, 6) is 4.10. The Kier molecular flexibility index (Phi) is 11.2. The third-order valence-electron chi connectivity index (χ3n) is 11.9. The lowest BCUT2D eigenvalue weighted by molar-refractivity contribution is -0.179. The van der Waals surface area contributed by atoms with E-state index in [1.807, 2.05) is 83.8 Å². The molecule has 8 rings (SSSR count). The molecule has 0 unspecified atom stereocenters. The van der Waals surface area contributed by atoms with Crippen LogP contribution in [0.3, 0.4) is 0 Å². The zero-order valence-corrected chi connectivity index (χ0v) is 32.1. The quantitative estimate of drug-likeness (QED) is 0.141. The molecule has 6 atom stereocenters. The molecule has 4 aromatic carbocycles. The number of esters is 1. The topological polar surface area (TPSA) is 164 Å². The van der Waals surface area contributed by atoms with Crippen molar-refractivity contribution in [2.24, 2.45) is 11.7 Å². The van der Waals surface area contributed by atoms with E-state index < -0.39 is 53.5 Å². The molecule has 298 valence electrons. The number of rotatable bonds is 8. The van der Waals surface area contributed by atoms with Crippen LogP contribution in [0, 0.1) is 17.8 Å². The van der Waals surface area contributed by atoms with Crippen LogP contribution in [0.15, 0.2) is 103 Å². The number of morpholine rings is 1. The Bertz CT molecular complexity index is 2220. The third kappa shape index (κ3) is 7.05. The number of aliphatic hydroxyl groups excluding tert-OH is 1. The van der Waals surface area contributed by atoms with Crippen molar-refractivity contribution in [3.63, 3.8) is 0 Å². The Labute approximate surface area is 337 Å². The summed E-state index contributed by atoms with van der Waals surface area (Å²) in [6.07, 6.45) is 3.89. The molecule has 4 aromatic rings. The first-order valence-electron chi connectivity index (χ1n) is 20.0. The molecule has 58 heavy (non-hydrogen) atoms. The summed E-state index contributed by atoms with van der Waals surface area (Å²) >= 11 is 0. The molecule has 4 heterocycles. The smallest absolute Gasteiger partial charge is 0.324 e. The second kappa shape index (κ2) is 16.7. The number of hydrogen-bond acceptors (Lipinski definition) is 8. The van der Waals surface area contributed by atoms with E-state index in [2.05, 4.69) is 27.4 Å². The van der Waals surface area contributed by atoms with E-state index in [9.17, 15) is 9.90 Å². The van der Waals surface area contributed by atoms with Gasteiger partial charge in [0.2, 0.25) is 11.8 Å². The van der Waals surface area contributed by atoms with Gasteiger partial charge in [0.25, 0.3) is 0 Å². The highest BCUT2D eigenvalue weighted by molar-refractivity contribution is 6.12. The van der Waals surface area contributed by atoms with Gasteiger partial charge in [0, 0.05) is 24.3 Å². The second-order valence-corrected chi connectivity index (χ2v) is 15.2. The Hall–Kier alpha value is -6.16. The number of urea groups is 1. The van der Waals surface area contributed by atoms with Crippen LogP contribution in [-0.4, -0.2) is 77.6 Å². The first-order valence-corrected chi connectivity index (χ1v) is 20.0. The van der Waals surface area contributed by atoms with Crippen molar-refractivity contribution in [3.8, 4) is 17.6 Å². The highest BCUT2D eigenvalue weighted by atomic mass is 16.6. The lowest BCUT2D eigenvalue weighted by atomic mass is 9.65. The number of amides is 4. The molecule has 0 aliphatic carbocycles. The minimum Gasteiger partial charge on any atom is -0.491 e. The van der Waals surface area contributed by atoms with Crippen molar-refractivity contribution < 1.29 is 33.8 Å². The number of hydrogen-bond donors (Lipinski definition) is 4. The van der Waals surface area contributed by atoms with E-state index in [-0.39, 0.29) is 25.7 Å². The van der Waals surface area contributed by atoms with Gasteiger partial charge in [-0.3, -0.25) is 19.3 Å². The second-order valence-electron chi connectivity index (χ2n) is 15.2. The van der Waals surface area contributed by atoms with Crippen LogP contribution >= 0.6 is 0 Å². The average Bonchev–Trinajstić information content (AvgIpc) is 3.70. The van der Waals surface area contributed by atoms with Gasteiger partial charge in [-0.2, -0.15) is 0 Å². The van der Waals surface area contributed by atoms with Gasteiger partial charge in [-0.05, 0) is 65.4 Å². The zero-order chi connectivity index (χ0) is 40.2. The summed E-state index contributed by atoms with van der Waals surface area (Å²) in [6.45, 7) is 0.973. The van der Waals surface area contributed by atoms with Gasteiger partial charge in [0.1, 0.15) is 29.9 Å². The monoisotopic (exact) mass is 781 g/mol. The Morgan fingerprint density at radius 1 is 0.862 bits per heavy atom. The van der Waals surface area contributed by atoms with Crippen LogP contribution in [-0.2, 0) is 24.5 Å². The number of primary amides is 1. The highest BCUT2D eigenvalue weighted by Gasteiger charge is 2.74. The first-order chi connectivity index (χ1) is 28.3. The maximum absolute atomic E-state index is 15.7. The summed E-state index contributed by atoms with van der Waals surface area (Å²) in [5, 5.41) is 15.1. The van der Waals surface area contributed by atoms with E-state index in [4.69, 9.17) is 15.2 Å². The van der Waals surface area contributed by atoms with Crippen molar-refractivity contribution >= 4 is 29.5 Å². The first kappa shape index (κ1) is 38.7. The molecule has 0 aromatic heterocycles. The normalized spacial score (nSPS) is 25.3. The van der Waals surface area contributed by atoms with Crippen molar-refractivity contribution in [2.75, 3.05) is 38.2 Å². The standard InChI is InChI=1S/C46H47N5O7/c47-45(56)48-24-12-13-30-18-23-36-35(29-30)46(44(55)49-36)37(42(53)50-25-10-2-1-3-11-26-50)39-43(54)58-40(32-16-8-5-9-17-32)38(31-14-6-4-7-15-31)51(39)41(46)33-19-21-34(22-20-33)57-28-27-52/h4-9,14-23,29,37-41,52H,1-3,10-11,24-28H2,(H,49,55)(H3,47,48,56)/t37-,38-,39-,40+,41+,46-/m1/s1. The van der Waals surface area contributed by atoms with E-state index in [1.54, 1.807) is 24.3 Å². The molecule has 3 saturated heterocycles. The van der Waals surface area contributed by atoms with E-state index >= 15 is 14.4 Å². The van der Waals surface area contributed by atoms with Gasteiger partial charge < -0.3 is 35.8 Å². The van der Waals surface area contributed by atoms with Crippen LogP contribution in [0.25, 0.3) is 0 Å². The van der Waals surface area contributed by atoms with Gasteiger partial charge in [-0.1, -0.05) is 104 Å². The van der Waals surface area contributed by atoms with E-state index in [0.29, 0.717) is 41.2 Å². The summed E-state index contributed by atoms with van der Waals surface area (Å²) in [6, 6.07) is 28.7. The Morgan fingerprint density at radius 2 is 1.53 bits per heavy atom. The number of nitrogens with one attached hydrogen (secondary N) is 2. The summed E-state index contributed by atoms with van der Waals surface area (Å²) < 4.78 is 12.3. The number of fused-ring (bicyclic) bond motifs is 3. The van der Waals surface area contributed by atoms with Gasteiger partial charge in [-0.15, -0.1) is 0 Å². The fraction of sp³-hybridized carbons (Fsp3) is 0.348. The molecule has 0 radical (unpaired) electrons.